The third-order valence-electron chi connectivity index (χ3n) is 5.68. The van der Waals surface area contributed by atoms with Crippen molar-refractivity contribution < 1.29 is 5.11 Å². The monoisotopic (exact) mass is 245 g/mol. The highest BCUT2D eigenvalue weighted by molar-refractivity contribution is 5.46. The van der Waals surface area contributed by atoms with Crippen LogP contribution in [-0.2, 0) is 11.8 Å². The van der Waals surface area contributed by atoms with E-state index in [1.54, 1.807) is 0 Å². The van der Waals surface area contributed by atoms with Gasteiger partial charge in [-0.2, -0.15) is 0 Å². The lowest BCUT2D eigenvalue weighted by Crippen LogP contribution is -2.63. The van der Waals surface area contributed by atoms with E-state index in [0.29, 0.717) is 11.8 Å². The number of aromatic hydroxyl groups is 1. The molecule has 0 aromatic heterocycles. The summed E-state index contributed by atoms with van der Waals surface area (Å²) >= 11 is 0. The first kappa shape index (κ1) is 12.0. The Labute approximate surface area is 109 Å². The van der Waals surface area contributed by atoms with Gasteiger partial charge in [0.25, 0.3) is 0 Å². The minimum Gasteiger partial charge on any atom is -0.508 e. The number of benzene rings is 1. The second-order valence-electron chi connectivity index (χ2n) is 6.46. The summed E-state index contributed by atoms with van der Waals surface area (Å²) in [7, 11) is 0. The van der Waals surface area contributed by atoms with Crippen molar-refractivity contribution in [3.8, 4) is 5.75 Å². The molecule has 3 rings (SSSR count). The summed E-state index contributed by atoms with van der Waals surface area (Å²) < 4.78 is 0. The zero-order valence-electron chi connectivity index (χ0n) is 11.6. The molecular formula is C16H23NO. The van der Waals surface area contributed by atoms with E-state index >= 15 is 0 Å². The Hall–Kier alpha value is -1.02. The zero-order chi connectivity index (χ0) is 13.0. The molecule has 1 fully saturated rings. The predicted molar refractivity (Wildman–Crippen MR) is 74.0 cm³/mol. The van der Waals surface area contributed by atoms with Crippen molar-refractivity contribution >= 4 is 0 Å². The molecule has 1 aromatic rings. The molecule has 0 radical (unpaired) electrons. The minimum atomic E-state index is 0.217. The Morgan fingerprint density at radius 2 is 2.17 bits per heavy atom. The van der Waals surface area contributed by atoms with Crippen LogP contribution >= 0.6 is 0 Å². The maximum absolute atomic E-state index is 9.85. The standard InChI is InChI=1S/C16H23NO/c1-4-16-7-8-17-14(15(16,2)3)9-11-5-6-12(18)10-13(11)16/h5-6,10,14,17-18H,4,7-9H2,1-3H3/t14-,16+/m1/s1. The molecular weight excluding hydrogens is 222 g/mol. The summed E-state index contributed by atoms with van der Waals surface area (Å²) in [4.78, 5) is 0. The van der Waals surface area contributed by atoms with Gasteiger partial charge in [-0.1, -0.05) is 26.8 Å². The van der Waals surface area contributed by atoms with Crippen LogP contribution in [0.5, 0.6) is 5.75 Å². The lowest BCUT2D eigenvalue weighted by atomic mass is 9.49. The van der Waals surface area contributed by atoms with Gasteiger partial charge in [0.2, 0.25) is 0 Å². The van der Waals surface area contributed by atoms with Gasteiger partial charge in [0, 0.05) is 11.5 Å². The minimum absolute atomic E-state index is 0.217. The Kier molecular flexibility index (Phi) is 2.50. The topological polar surface area (TPSA) is 32.3 Å². The number of rotatable bonds is 1. The van der Waals surface area contributed by atoms with Gasteiger partial charge in [0.1, 0.15) is 5.75 Å². The molecule has 1 saturated heterocycles. The molecule has 98 valence electrons. The van der Waals surface area contributed by atoms with Gasteiger partial charge in [-0.25, -0.2) is 0 Å². The number of nitrogens with one attached hydrogen (secondary N) is 1. The normalized spacial score (nSPS) is 32.9. The van der Waals surface area contributed by atoms with Gasteiger partial charge >= 0.3 is 0 Å². The van der Waals surface area contributed by atoms with Crippen LogP contribution in [0.1, 0.15) is 44.7 Å². The summed E-state index contributed by atoms with van der Waals surface area (Å²) in [5.41, 5.74) is 3.29. The molecule has 0 unspecified atom stereocenters. The highest BCUT2D eigenvalue weighted by Gasteiger charge is 2.54. The first-order valence-electron chi connectivity index (χ1n) is 7.07. The van der Waals surface area contributed by atoms with Gasteiger partial charge in [-0.05, 0) is 54.5 Å². The van der Waals surface area contributed by atoms with E-state index in [0.717, 1.165) is 19.4 Å². The van der Waals surface area contributed by atoms with Crippen LogP contribution in [0.15, 0.2) is 18.2 Å². The molecule has 1 aromatic carbocycles. The van der Waals surface area contributed by atoms with Crippen LogP contribution < -0.4 is 5.32 Å². The van der Waals surface area contributed by atoms with E-state index in [4.69, 9.17) is 0 Å². The summed E-state index contributed by atoms with van der Waals surface area (Å²) in [6, 6.07) is 6.52. The fourth-order valence-corrected chi connectivity index (χ4v) is 4.41. The maximum Gasteiger partial charge on any atom is 0.115 e. The maximum atomic E-state index is 9.85. The van der Waals surface area contributed by atoms with Gasteiger partial charge in [-0.3, -0.25) is 0 Å². The Morgan fingerprint density at radius 3 is 2.89 bits per heavy atom. The van der Waals surface area contributed by atoms with Gasteiger partial charge in [-0.15, -0.1) is 0 Å². The molecule has 0 amide bonds. The summed E-state index contributed by atoms with van der Waals surface area (Å²) in [6.07, 6.45) is 3.41. The van der Waals surface area contributed by atoms with E-state index in [1.165, 1.54) is 17.5 Å². The van der Waals surface area contributed by atoms with Gasteiger partial charge in [0.15, 0.2) is 0 Å². The van der Waals surface area contributed by atoms with Crippen molar-refractivity contribution in [2.24, 2.45) is 5.41 Å². The van der Waals surface area contributed by atoms with Gasteiger partial charge < -0.3 is 10.4 Å². The number of hydrogen-bond acceptors (Lipinski definition) is 2. The predicted octanol–water partition coefficient (Wildman–Crippen LogP) is 2.98. The Bertz CT molecular complexity index is 480. The highest BCUT2D eigenvalue weighted by Crippen LogP contribution is 2.56. The molecule has 2 atom stereocenters. The van der Waals surface area contributed by atoms with Crippen molar-refractivity contribution in [2.45, 2.75) is 51.5 Å². The summed E-state index contributed by atoms with van der Waals surface area (Å²) in [5, 5.41) is 13.5. The van der Waals surface area contributed by atoms with E-state index in [-0.39, 0.29) is 10.8 Å². The van der Waals surface area contributed by atoms with Crippen LogP contribution in [0, 0.1) is 5.41 Å². The van der Waals surface area contributed by atoms with Crippen molar-refractivity contribution in [1.82, 2.24) is 5.32 Å². The van der Waals surface area contributed by atoms with Crippen LogP contribution in [0.3, 0.4) is 0 Å². The van der Waals surface area contributed by atoms with Crippen LogP contribution in [0.2, 0.25) is 0 Å². The van der Waals surface area contributed by atoms with E-state index in [1.807, 2.05) is 12.1 Å². The molecule has 0 saturated carbocycles. The van der Waals surface area contributed by atoms with Gasteiger partial charge in [0.05, 0.1) is 0 Å². The smallest absolute Gasteiger partial charge is 0.115 e. The molecule has 1 aliphatic heterocycles. The second-order valence-corrected chi connectivity index (χ2v) is 6.46. The molecule has 1 aliphatic carbocycles. The molecule has 0 spiro atoms. The van der Waals surface area contributed by atoms with Crippen LogP contribution in [-0.4, -0.2) is 17.7 Å². The zero-order valence-corrected chi connectivity index (χ0v) is 11.6. The average molecular weight is 245 g/mol. The van der Waals surface area contributed by atoms with E-state index in [9.17, 15) is 5.11 Å². The number of phenolic OH excluding ortho intramolecular Hbond substituents is 1. The SMILES string of the molecule is CC[C@]12CCN[C@H](Cc3ccc(O)cc31)C2(C)C. The summed E-state index contributed by atoms with van der Waals surface area (Å²) in [6.45, 7) is 8.17. The third-order valence-corrected chi connectivity index (χ3v) is 5.68. The number of phenols is 1. The molecule has 1 heterocycles. The molecule has 2 nitrogen and oxygen atoms in total. The lowest BCUT2D eigenvalue weighted by Gasteiger charge is -2.59. The molecule has 2 heteroatoms. The summed E-state index contributed by atoms with van der Waals surface area (Å²) in [5.74, 6) is 0.411. The number of hydrogen-bond donors (Lipinski definition) is 2. The fraction of sp³-hybridized carbons (Fsp3) is 0.625. The van der Waals surface area contributed by atoms with Crippen molar-refractivity contribution in [3.05, 3.63) is 29.3 Å². The van der Waals surface area contributed by atoms with Crippen LogP contribution in [0.25, 0.3) is 0 Å². The number of fused-ring (bicyclic) bond motifs is 4. The van der Waals surface area contributed by atoms with Crippen molar-refractivity contribution in [3.63, 3.8) is 0 Å². The molecule has 2 N–H and O–H groups in total. The first-order chi connectivity index (χ1) is 8.51. The van der Waals surface area contributed by atoms with Crippen molar-refractivity contribution in [2.75, 3.05) is 6.54 Å². The quantitative estimate of drug-likeness (QED) is 0.797. The van der Waals surface area contributed by atoms with Crippen LogP contribution in [0.4, 0.5) is 0 Å². The molecule has 2 bridgehead atoms. The van der Waals surface area contributed by atoms with E-state index < -0.39 is 0 Å². The second kappa shape index (κ2) is 3.74. The third kappa shape index (κ3) is 1.33. The first-order valence-corrected chi connectivity index (χ1v) is 7.07. The highest BCUT2D eigenvalue weighted by atomic mass is 16.3. The Balaban J connectivity index is 2.25. The fourth-order valence-electron chi connectivity index (χ4n) is 4.41. The Morgan fingerprint density at radius 1 is 1.39 bits per heavy atom. The number of piperidine rings is 1. The van der Waals surface area contributed by atoms with Crippen molar-refractivity contribution in [1.29, 1.82) is 0 Å². The lowest BCUT2D eigenvalue weighted by molar-refractivity contribution is 0.0389. The molecule has 2 aliphatic rings. The largest absolute Gasteiger partial charge is 0.508 e. The molecule has 18 heavy (non-hydrogen) atoms. The average Bonchev–Trinajstić information content (AvgIpc) is 2.31. The van der Waals surface area contributed by atoms with E-state index in [2.05, 4.69) is 32.2 Å².